The Balaban J connectivity index is 3.03. The van der Waals surface area contributed by atoms with Gasteiger partial charge in [-0.1, -0.05) is 31.3 Å². The fourth-order valence-corrected chi connectivity index (χ4v) is 1.90. The van der Waals surface area contributed by atoms with Crippen molar-refractivity contribution in [3.63, 3.8) is 0 Å². The Bertz CT molecular complexity index is 389. The van der Waals surface area contributed by atoms with E-state index >= 15 is 0 Å². The van der Waals surface area contributed by atoms with Crippen LogP contribution in [0.3, 0.4) is 0 Å². The van der Waals surface area contributed by atoms with Gasteiger partial charge in [-0.25, -0.2) is 4.68 Å². The normalized spacial score (nSPS) is 13.0. The Kier molecular flexibility index (Phi) is 5.02. The van der Waals surface area contributed by atoms with Crippen LogP contribution in [0.15, 0.2) is 0 Å². The third-order valence-electron chi connectivity index (χ3n) is 2.67. The van der Waals surface area contributed by atoms with Crippen LogP contribution in [-0.4, -0.2) is 33.7 Å². The van der Waals surface area contributed by atoms with Crippen molar-refractivity contribution >= 4 is 17.2 Å². The lowest BCUT2D eigenvalue weighted by Crippen LogP contribution is -2.17. The molecule has 17 heavy (non-hydrogen) atoms. The first-order valence-corrected chi connectivity index (χ1v) is 6.13. The molecule has 2 N–H and O–H groups in total. The van der Waals surface area contributed by atoms with Crippen molar-refractivity contribution < 1.29 is 4.74 Å². The third-order valence-corrected chi connectivity index (χ3v) is 2.86. The van der Waals surface area contributed by atoms with Crippen molar-refractivity contribution in [3.8, 4) is 0 Å². The molecule has 0 saturated carbocycles. The summed E-state index contributed by atoms with van der Waals surface area (Å²) < 4.78 is 6.98. The zero-order valence-electron chi connectivity index (χ0n) is 10.8. The fraction of sp³-hybridized carbons (Fsp3) is 0.727. The van der Waals surface area contributed by atoms with Crippen LogP contribution < -0.4 is 5.73 Å². The number of nitrogens with zero attached hydrogens (tertiary/aromatic N) is 3. The van der Waals surface area contributed by atoms with Crippen molar-refractivity contribution in [2.24, 2.45) is 5.73 Å². The van der Waals surface area contributed by atoms with E-state index in [1.807, 2.05) is 4.68 Å². The molecule has 0 aliphatic carbocycles. The van der Waals surface area contributed by atoms with E-state index in [9.17, 15) is 0 Å². The number of hydrogen-bond donors (Lipinski definition) is 1. The largest absolute Gasteiger partial charge is 0.388 e. The summed E-state index contributed by atoms with van der Waals surface area (Å²) in [5, 5.41) is 8.23. The number of rotatable bonds is 6. The second kappa shape index (κ2) is 6.07. The van der Waals surface area contributed by atoms with Gasteiger partial charge in [0.2, 0.25) is 0 Å². The molecule has 6 heteroatoms. The maximum absolute atomic E-state index is 5.66. The van der Waals surface area contributed by atoms with E-state index in [2.05, 4.69) is 31.1 Å². The number of nitrogens with two attached hydrogens (primary N) is 1. The molecule has 1 heterocycles. The van der Waals surface area contributed by atoms with E-state index in [0.717, 1.165) is 12.1 Å². The zero-order chi connectivity index (χ0) is 13.0. The standard InChI is InChI=1S/C11H20N4OS/c1-7(2)10-9(11(12)17)13-14-15(10)8(3)5-6-16-4/h7-8H,5-6H2,1-4H3,(H2,12,17). The molecule has 1 atom stereocenters. The summed E-state index contributed by atoms with van der Waals surface area (Å²) in [5.74, 6) is 0.284. The van der Waals surface area contributed by atoms with E-state index in [0.29, 0.717) is 17.3 Å². The molecule has 0 aromatic carbocycles. The molecule has 0 spiro atoms. The molecule has 0 fully saturated rings. The minimum atomic E-state index is 0.225. The van der Waals surface area contributed by atoms with E-state index < -0.39 is 0 Å². The first-order chi connectivity index (χ1) is 7.99. The Hall–Kier alpha value is -1.01. The van der Waals surface area contributed by atoms with Crippen LogP contribution in [0.1, 0.15) is 50.5 Å². The number of aromatic nitrogens is 3. The van der Waals surface area contributed by atoms with E-state index in [4.69, 9.17) is 22.7 Å². The van der Waals surface area contributed by atoms with Gasteiger partial charge in [0.25, 0.3) is 0 Å². The van der Waals surface area contributed by atoms with Gasteiger partial charge >= 0.3 is 0 Å². The number of ether oxygens (including phenoxy) is 1. The van der Waals surface area contributed by atoms with Gasteiger partial charge in [-0.3, -0.25) is 0 Å². The van der Waals surface area contributed by atoms with Gasteiger partial charge in [-0.05, 0) is 19.3 Å². The Labute approximate surface area is 107 Å². The molecule has 1 rings (SSSR count). The van der Waals surface area contributed by atoms with Gasteiger partial charge in [0, 0.05) is 13.7 Å². The Morgan fingerprint density at radius 3 is 2.59 bits per heavy atom. The second-order valence-corrected chi connectivity index (χ2v) is 4.86. The molecule has 1 aromatic rings. The van der Waals surface area contributed by atoms with Crippen LogP contribution in [0, 0.1) is 0 Å². The smallest absolute Gasteiger partial charge is 0.143 e. The lowest BCUT2D eigenvalue weighted by molar-refractivity contribution is 0.177. The molecule has 5 nitrogen and oxygen atoms in total. The topological polar surface area (TPSA) is 66.0 Å². The molecule has 0 aliphatic heterocycles. The van der Waals surface area contributed by atoms with Gasteiger partial charge in [-0.15, -0.1) is 5.10 Å². The average Bonchev–Trinajstić information content (AvgIpc) is 2.70. The molecular weight excluding hydrogens is 236 g/mol. The monoisotopic (exact) mass is 256 g/mol. The van der Waals surface area contributed by atoms with E-state index in [1.54, 1.807) is 7.11 Å². The molecule has 0 radical (unpaired) electrons. The fourth-order valence-electron chi connectivity index (χ4n) is 1.75. The van der Waals surface area contributed by atoms with Crippen LogP contribution in [0.5, 0.6) is 0 Å². The Morgan fingerprint density at radius 2 is 2.12 bits per heavy atom. The highest BCUT2D eigenvalue weighted by atomic mass is 32.1. The predicted molar refractivity (Wildman–Crippen MR) is 71.2 cm³/mol. The van der Waals surface area contributed by atoms with Crippen LogP contribution in [-0.2, 0) is 4.74 Å². The van der Waals surface area contributed by atoms with Crippen molar-refractivity contribution in [2.45, 2.75) is 39.2 Å². The average molecular weight is 256 g/mol. The maximum Gasteiger partial charge on any atom is 0.143 e. The first-order valence-electron chi connectivity index (χ1n) is 5.72. The van der Waals surface area contributed by atoms with Gasteiger partial charge in [-0.2, -0.15) is 0 Å². The molecular formula is C11H20N4OS. The summed E-state index contributed by atoms with van der Waals surface area (Å²) in [6.45, 7) is 6.95. The summed E-state index contributed by atoms with van der Waals surface area (Å²) >= 11 is 4.99. The molecule has 0 bridgehead atoms. The van der Waals surface area contributed by atoms with Crippen LogP contribution in [0.4, 0.5) is 0 Å². The Morgan fingerprint density at radius 1 is 1.47 bits per heavy atom. The molecule has 0 aliphatic rings. The van der Waals surface area contributed by atoms with Crippen molar-refractivity contribution in [1.29, 1.82) is 0 Å². The quantitative estimate of drug-likeness (QED) is 0.784. The zero-order valence-corrected chi connectivity index (χ0v) is 11.6. The van der Waals surface area contributed by atoms with Crippen molar-refractivity contribution in [1.82, 2.24) is 15.0 Å². The molecule has 1 unspecified atom stereocenters. The SMILES string of the molecule is COCCC(C)n1nnc(C(N)=S)c1C(C)C. The number of hydrogen-bond acceptors (Lipinski definition) is 4. The minimum absolute atomic E-state index is 0.225. The molecule has 0 amide bonds. The summed E-state index contributed by atoms with van der Waals surface area (Å²) in [5.41, 5.74) is 7.30. The van der Waals surface area contributed by atoms with Gasteiger partial charge in [0.1, 0.15) is 10.7 Å². The highest BCUT2D eigenvalue weighted by Gasteiger charge is 2.20. The van der Waals surface area contributed by atoms with E-state index in [-0.39, 0.29) is 12.0 Å². The molecule has 0 saturated heterocycles. The third kappa shape index (κ3) is 3.23. The van der Waals surface area contributed by atoms with Crippen LogP contribution >= 0.6 is 12.2 Å². The summed E-state index contributed by atoms with van der Waals surface area (Å²) in [6, 6.07) is 0.225. The van der Waals surface area contributed by atoms with Crippen LogP contribution in [0.2, 0.25) is 0 Å². The first kappa shape index (κ1) is 14.1. The van der Waals surface area contributed by atoms with Gasteiger partial charge < -0.3 is 10.5 Å². The van der Waals surface area contributed by atoms with Crippen molar-refractivity contribution in [3.05, 3.63) is 11.4 Å². The summed E-state index contributed by atoms with van der Waals surface area (Å²) in [7, 11) is 1.69. The van der Waals surface area contributed by atoms with Gasteiger partial charge in [0.05, 0.1) is 11.7 Å². The second-order valence-electron chi connectivity index (χ2n) is 4.42. The number of thiocarbonyl (C=S) groups is 1. The summed E-state index contributed by atoms with van der Waals surface area (Å²) in [4.78, 5) is 0.305. The molecule has 96 valence electrons. The van der Waals surface area contributed by atoms with Crippen LogP contribution in [0.25, 0.3) is 0 Å². The number of methoxy groups -OCH3 is 1. The lowest BCUT2D eigenvalue weighted by Gasteiger charge is -2.16. The van der Waals surface area contributed by atoms with E-state index in [1.165, 1.54) is 0 Å². The maximum atomic E-state index is 5.66. The lowest BCUT2D eigenvalue weighted by atomic mass is 10.1. The molecule has 1 aromatic heterocycles. The summed E-state index contributed by atoms with van der Waals surface area (Å²) in [6.07, 6.45) is 0.885. The van der Waals surface area contributed by atoms with Gasteiger partial charge in [0.15, 0.2) is 0 Å². The predicted octanol–water partition coefficient (Wildman–Crippen LogP) is 1.63. The minimum Gasteiger partial charge on any atom is -0.388 e. The van der Waals surface area contributed by atoms with Crippen molar-refractivity contribution in [2.75, 3.05) is 13.7 Å². The highest BCUT2D eigenvalue weighted by Crippen LogP contribution is 2.22. The highest BCUT2D eigenvalue weighted by molar-refractivity contribution is 7.80.